The number of carbonyl (C=O) groups excluding carboxylic acids is 1. The first-order valence-corrected chi connectivity index (χ1v) is 6.97. The molecule has 0 aliphatic rings. The van der Waals surface area contributed by atoms with Crippen molar-refractivity contribution in [3.8, 4) is 11.5 Å². The minimum Gasteiger partial charge on any atom is -0.497 e. The molecule has 1 heterocycles. The Kier molecular flexibility index (Phi) is 3.89. The molecule has 6 nitrogen and oxygen atoms in total. The Morgan fingerprint density at radius 2 is 1.91 bits per heavy atom. The number of ketones is 1. The lowest BCUT2D eigenvalue weighted by Crippen LogP contribution is -2.20. The average molecular weight is 313 g/mol. The highest BCUT2D eigenvalue weighted by Gasteiger charge is 2.17. The highest BCUT2D eigenvalue weighted by molar-refractivity contribution is 5.99. The smallest absolute Gasteiger partial charge is 0.420 e. The van der Waals surface area contributed by atoms with Gasteiger partial charge in [0.2, 0.25) is 0 Å². The van der Waals surface area contributed by atoms with E-state index in [1.165, 1.54) is 18.8 Å². The second-order valence-electron chi connectivity index (χ2n) is 4.91. The van der Waals surface area contributed by atoms with Crippen molar-refractivity contribution < 1.29 is 18.7 Å². The van der Waals surface area contributed by atoms with E-state index in [0.29, 0.717) is 28.2 Å². The molecule has 0 unspecified atom stereocenters. The SMILES string of the molecule is COc1ccc(C(=O)Cn2c(=O)oc3ccccc32)c(OC)c1. The summed E-state index contributed by atoms with van der Waals surface area (Å²) < 4.78 is 16.8. The molecule has 3 rings (SSSR count). The molecule has 0 saturated carbocycles. The van der Waals surface area contributed by atoms with E-state index >= 15 is 0 Å². The van der Waals surface area contributed by atoms with Crippen LogP contribution in [-0.4, -0.2) is 24.6 Å². The maximum atomic E-state index is 12.6. The van der Waals surface area contributed by atoms with Crippen molar-refractivity contribution >= 4 is 16.9 Å². The highest BCUT2D eigenvalue weighted by Crippen LogP contribution is 2.25. The molecule has 0 amide bonds. The molecule has 6 heteroatoms. The molecule has 0 fully saturated rings. The Bertz CT molecular complexity index is 922. The van der Waals surface area contributed by atoms with Crippen molar-refractivity contribution in [3.05, 3.63) is 58.6 Å². The summed E-state index contributed by atoms with van der Waals surface area (Å²) in [5.74, 6) is 0.171. The first-order valence-electron chi connectivity index (χ1n) is 6.97. The molecule has 1 aromatic heterocycles. The monoisotopic (exact) mass is 313 g/mol. The minimum atomic E-state index is -0.563. The molecular formula is C17H15NO5. The summed E-state index contributed by atoms with van der Waals surface area (Å²) in [5, 5.41) is 0. The lowest BCUT2D eigenvalue weighted by atomic mass is 10.1. The van der Waals surface area contributed by atoms with Crippen molar-refractivity contribution in [2.45, 2.75) is 6.54 Å². The van der Waals surface area contributed by atoms with Crippen LogP contribution in [-0.2, 0) is 6.54 Å². The summed E-state index contributed by atoms with van der Waals surface area (Å²) in [6.45, 7) is -0.126. The maximum absolute atomic E-state index is 12.6. The molecule has 0 aliphatic carbocycles. The fraction of sp³-hybridized carbons (Fsp3) is 0.176. The quantitative estimate of drug-likeness (QED) is 0.677. The molecule has 0 radical (unpaired) electrons. The van der Waals surface area contributed by atoms with Crippen molar-refractivity contribution in [1.29, 1.82) is 0 Å². The summed E-state index contributed by atoms with van der Waals surface area (Å²) in [6, 6.07) is 11.9. The van der Waals surface area contributed by atoms with E-state index in [1.54, 1.807) is 42.5 Å². The number of aromatic nitrogens is 1. The maximum Gasteiger partial charge on any atom is 0.420 e. The van der Waals surface area contributed by atoms with Crippen LogP contribution in [0, 0.1) is 0 Å². The zero-order chi connectivity index (χ0) is 16.4. The number of benzene rings is 2. The lowest BCUT2D eigenvalue weighted by molar-refractivity contribution is 0.0967. The van der Waals surface area contributed by atoms with E-state index in [4.69, 9.17) is 13.9 Å². The van der Waals surface area contributed by atoms with Crippen molar-refractivity contribution in [2.24, 2.45) is 0 Å². The van der Waals surface area contributed by atoms with Gasteiger partial charge in [-0.15, -0.1) is 0 Å². The number of nitrogens with zero attached hydrogens (tertiary/aromatic N) is 1. The third-order valence-corrected chi connectivity index (χ3v) is 3.58. The van der Waals surface area contributed by atoms with Gasteiger partial charge in [0.25, 0.3) is 0 Å². The van der Waals surface area contributed by atoms with E-state index in [9.17, 15) is 9.59 Å². The highest BCUT2D eigenvalue weighted by atomic mass is 16.5. The van der Waals surface area contributed by atoms with Crippen LogP contribution in [0.4, 0.5) is 0 Å². The number of para-hydroxylation sites is 2. The molecule has 0 bridgehead atoms. The molecule has 0 N–H and O–H groups in total. The molecule has 118 valence electrons. The molecule has 0 saturated heterocycles. The first-order chi connectivity index (χ1) is 11.1. The van der Waals surface area contributed by atoms with E-state index in [1.807, 2.05) is 0 Å². The second kappa shape index (κ2) is 6.00. The number of hydrogen-bond donors (Lipinski definition) is 0. The van der Waals surface area contributed by atoms with E-state index in [-0.39, 0.29) is 12.3 Å². The van der Waals surface area contributed by atoms with Crippen molar-refractivity contribution in [2.75, 3.05) is 14.2 Å². The fourth-order valence-corrected chi connectivity index (χ4v) is 2.42. The number of hydrogen-bond acceptors (Lipinski definition) is 5. The van der Waals surface area contributed by atoms with Gasteiger partial charge in [-0.3, -0.25) is 9.36 Å². The van der Waals surface area contributed by atoms with E-state index in [2.05, 4.69) is 0 Å². The molecule has 2 aromatic carbocycles. The standard InChI is InChI=1S/C17H15NO5/c1-21-11-7-8-12(16(9-11)22-2)14(19)10-18-13-5-3-4-6-15(13)23-17(18)20/h3-9H,10H2,1-2H3. The number of oxazole rings is 1. The number of fused-ring (bicyclic) bond motifs is 1. The van der Waals surface area contributed by atoms with Crippen LogP contribution in [0.25, 0.3) is 11.1 Å². The number of ether oxygens (including phenoxy) is 2. The Labute approximate surface area is 131 Å². The van der Waals surface area contributed by atoms with Crippen LogP contribution in [0.1, 0.15) is 10.4 Å². The zero-order valence-corrected chi connectivity index (χ0v) is 12.7. The van der Waals surface area contributed by atoms with Crippen LogP contribution in [0.15, 0.2) is 51.7 Å². The topological polar surface area (TPSA) is 70.7 Å². The molecule has 0 atom stereocenters. The fourth-order valence-electron chi connectivity index (χ4n) is 2.42. The number of carbonyl (C=O) groups is 1. The Morgan fingerprint density at radius 3 is 2.65 bits per heavy atom. The van der Waals surface area contributed by atoms with Crippen molar-refractivity contribution in [1.82, 2.24) is 4.57 Å². The van der Waals surface area contributed by atoms with Gasteiger partial charge in [0, 0.05) is 6.07 Å². The van der Waals surface area contributed by atoms with E-state index < -0.39 is 5.76 Å². The number of rotatable bonds is 5. The van der Waals surface area contributed by atoms with Gasteiger partial charge in [-0.05, 0) is 24.3 Å². The predicted octanol–water partition coefficient (Wildman–Crippen LogP) is 2.49. The van der Waals surface area contributed by atoms with Gasteiger partial charge in [-0.25, -0.2) is 4.79 Å². The largest absolute Gasteiger partial charge is 0.497 e. The van der Waals surface area contributed by atoms with Gasteiger partial charge in [-0.2, -0.15) is 0 Å². The van der Waals surface area contributed by atoms with Crippen LogP contribution >= 0.6 is 0 Å². The molecular weight excluding hydrogens is 298 g/mol. The van der Waals surface area contributed by atoms with Crippen molar-refractivity contribution in [3.63, 3.8) is 0 Å². The van der Waals surface area contributed by atoms with Gasteiger partial charge in [0.1, 0.15) is 11.5 Å². The third-order valence-electron chi connectivity index (χ3n) is 3.58. The summed E-state index contributed by atoms with van der Waals surface area (Å²) in [4.78, 5) is 24.5. The zero-order valence-electron chi connectivity index (χ0n) is 12.7. The van der Waals surface area contributed by atoms with Crippen LogP contribution in [0.2, 0.25) is 0 Å². The van der Waals surface area contributed by atoms with Gasteiger partial charge in [0.05, 0.1) is 31.8 Å². The van der Waals surface area contributed by atoms with Gasteiger partial charge >= 0.3 is 5.76 Å². The lowest BCUT2D eigenvalue weighted by Gasteiger charge is -2.09. The summed E-state index contributed by atoms with van der Waals surface area (Å²) in [6.07, 6.45) is 0. The minimum absolute atomic E-state index is 0.126. The summed E-state index contributed by atoms with van der Waals surface area (Å²) in [5.41, 5.74) is 1.41. The Morgan fingerprint density at radius 1 is 1.13 bits per heavy atom. The predicted molar refractivity (Wildman–Crippen MR) is 84.4 cm³/mol. The second-order valence-corrected chi connectivity index (χ2v) is 4.91. The Hall–Kier alpha value is -3.02. The number of Topliss-reactive ketones (excluding diaryl/α,β-unsaturated/α-hetero) is 1. The van der Waals surface area contributed by atoms with Crippen LogP contribution < -0.4 is 15.2 Å². The summed E-state index contributed by atoms with van der Waals surface area (Å²) >= 11 is 0. The van der Waals surface area contributed by atoms with Crippen LogP contribution in [0.5, 0.6) is 11.5 Å². The van der Waals surface area contributed by atoms with Gasteiger partial charge < -0.3 is 13.9 Å². The number of methoxy groups -OCH3 is 2. The van der Waals surface area contributed by atoms with Gasteiger partial charge in [0.15, 0.2) is 11.4 Å². The normalized spacial score (nSPS) is 10.7. The third kappa shape index (κ3) is 2.70. The average Bonchev–Trinajstić information content (AvgIpc) is 2.89. The van der Waals surface area contributed by atoms with E-state index in [0.717, 1.165) is 0 Å². The molecule has 3 aromatic rings. The first kappa shape index (κ1) is 14.9. The molecule has 0 spiro atoms. The van der Waals surface area contributed by atoms with Gasteiger partial charge in [-0.1, -0.05) is 12.1 Å². The molecule has 0 aliphatic heterocycles. The molecule has 23 heavy (non-hydrogen) atoms. The summed E-state index contributed by atoms with van der Waals surface area (Å²) in [7, 11) is 3.01. The van der Waals surface area contributed by atoms with Crippen LogP contribution in [0.3, 0.4) is 0 Å². The Balaban J connectivity index is 1.98.